The molecule has 1 unspecified atom stereocenters. The summed E-state index contributed by atoms with van der Waals surface area (Å²) in [4.78, 5) is 14.9. The van der Waals surface area contributed by atoms with E-state index in [4.69, 9.17) is 0 Å². The average molecular weight is 373 g/mol. The maximum Gasteiger partial charge on any atom is 0.238 e. The van der Waals surface area contributed by atoms with Crippen LogP contribution in [-0.4, -0.2) is 53.5 Å². The van der Waals surface area contributed by atoms with Gasteiger partial charge in [0.25, 0.3) is 0 Å². The average Bonchev–Trinajstić information content (AvgIpc) is 3.34. The van der Waals surface area contributed by atoms with E-state index in [0.717, 1.165) is 30.6 Å². The third kappa shape index (κ3) is 3.29. The molecule has 0 saturated heterocycles. The van der Waals surface area contributed by atoms with Gasteiger partial charge in [-0.2, -0.15) is 4.31 Å². The first-order chi connectivity index (χ1) is 12.4. The van der Waals surface area contributed by atoms with E-state index in [0.29, 0.717) is 6.54 Å². The van der Waals surface area contributed by atoms with Gasteiger partial charge in [-0.25, -0.2) is 8.42 Å². The van der Waals surface area contributed by atoms with E-state index >= 15 is 0 Å². The molecule has 2 heterocycles. The summed E-state index contributed by atoms with van der Waals surface area (Å²) < 4.78 is 27.7. The number of amides is 1. The highest BCUT2D eigenvalue weighted by Crippen LogP contribution is 2.34. The molecule has 1 aromatic carbocycles. The van der Waals surface area contributed by atoms with E-state index < -0.39 is 10.0 Å². The normalized spacial score (nSPS) is 20.2. The summed E-state index contributed by atoms with van der Waals surface area (Å²) in [6.07, 6.45) is 4.89. The molecule has 138 valence electrons. The Morgan fingerprint density at radius 2 is 1.85 bits per heavy atom. The van der Waals surface area contributed by atoms with Gasteiger partial charge in [-0.1, -0.05) is 30.3 Å². The van der Waals surface area contributed by atoms with Gasteiger partial charge in [-0.15, -0.1) is 0 Å². The fraction of sp³-hybridized carbons (Fsp3) is 0.421. The summed E-state index contributed by atoms with van der Waals surface area (Å²) in [7, 11) is -3.39. The maximum atomic E-state index is 13.1. The minimum Gasteiger partial charge on any atom is -0.348 e. The molecule has 1 aromatic heterocycles. The van der Waals surface area contributed by atoms with Gasteiger partial charge < -0.3 is 9.47 Å². The summed E-state index contributed by atoms with van der Waals surface area (Å²) in [6.45, 7) is 1.22. The second-order valence-corrected chi connectivity index (χ2v) is 9.00. The highest BCUT2D eigenvalue weighted by Gasteiger charge is 2.39. The lowest BCUT2D eigenvalue weighted by atomic mass is 10.00. The standard InChI is InChI=1S/C19H23N3O3S/c1-26(24,25)22(16-9-10-16)14-18(23)21-13-12-20-11-5-8-17(20)19(21)15-6-3-2-4-7-15/h2-8,11,16,19H,9-10,12-14H2,1H3. The Kier molecular flexibility index (Phi) is 4.36. The number of aromatic nitrogens is 1. The third-order valence-corrected chi connectivity index (χ3v) is 6.42. The number of nitrogens with zero attached hydrogens (tertiary/aromatic N) is 3. The topological polar surface area (TPSA) is 62.6 Å². The van der Waals surface area contributed by atoms with Crippen molar-refractivity contribution in [1.29, 1.82) is 0 Å². The molecule has 0 radical (unpaired) electrons. The first-order valence-corrected chi connectivity index (χ1v) is 10.8. The molecule has 2 aromatic rings. The van der Waals surface area contributed by atoms with Gasteiger partial charge in [0.2, 0.25) is 15.9 Å². The largest absolute Gasteiger partial charge is 0.348 e. The second-order valence-electron chi connectivity index (χ2n) is 7.07. The molecule has 2 aliphatic rings. The Balaban J connectivity index is 1.65. The van der Waals surface area contributed by atoms with Crippen LogP contribution in [0.25, 0.3) is 0 Å². The number of sulfonamides is 1. The van der Waals surface area contributed by atoms with Gasteiger partial charge in [0.15, 0.2) is 0 Å². The van der Waals surface area contributed by atoms with Crippen LogP contribution in [0.3, 0.4) is 0 Å². The van der Waals surface area contributed by atoms with Crippen molar-refractivity contribution in [2.45, 2.75) is 31.5 Å². The van der Waals surface area contributed by atoms with Crippen molar-refractivity contribution in [3.05, 3.63) is 59.9 Å². The summed E-state index contributed by atoms with van der Waals surface area (Å²) >= 11 is 0. The van der Waals surface area contributed by atoms with E-state index in [1.165, 1.54) is 10.6 Å². The molecule has 6 nitrogen and oxygen atoms in total. The van der Waals surface area contributed by atoms with E-state index in [1.54, 1.807) is 0 Å². The van der Waals surface area contributed by atoms with Crippen LogP contribution in [0.15, 0.2) is 48.7 Å². The van der Waals surface area contributed by atoms with Gasteiger partial charge in [0.05, 0.1) is 18.8 Å². The van der Waals surface area contributed by atoms with Gasteiger partial charge >= 0.3 is 0 Å². The summed E-state index contributed by atoms with van der Waals surface area (Å²) in [5.74, 6) is -0.136. The van der Waals surface area contributed by atoms with Gasteiger partial charge in [-0.3, -0.25) is 4.79 Å². The molecular formula is C19H23N3O3S. The van der Waals surface area contributed by atoms with Gasteiger partial charge in [0, 0.05) is 31.0 Å². The summed E-state index contributed by atoms with van der Waals surface area (Å²) in [6, 6.07) is 13.7. The van der Waals surface area contributed by atoms with Gasteiger partial charge in [0.1, 0.15) is 0 Å². The molecule has 0 bridgehead atoms. The molecule has 1 saturated carbocycles. The van der Waals surface area contributed by atoms with Crippen molar-refractivity contribution < 1.29 is 13.2 Å². The van der Waals surface area contributed by atoms with Crippen LogP contribution in [0.2, 0.25) is 0 Å². The zero-order chi connectivity index (χ0) is 18.3. The monoisotopic (exact) mass is 373 g/mol. The molecule has 1 aliphatic heterocycles. The third-order valence-electron chi connectivity index (χ3n) is 5.15. The van der Waals surface area contributed by atoms with Crippen LogP contribution >= 0.6 is 0 Å². The Hall–Kier alpha value is -2.12. The zero-order valence-electron chi connectivity index (χ0n) is 14.8. The summed E-state index contributed by atoms with van der Waals surface area (Å²) in [5.41, 5.74) is 2.10. The Labute approximate surface area is 154 Å². The summed E-state index contributed by atoms with van der Waals surface area (Å²) in [5, 5.41) is 0. The van der Waals surface area contributed by atoms with E-state index in [1.807, 2.05) is 53.6 Å². The lowest BCUT2D eigenvalue weighted by molar-refractivity contribution is -0.134. The van der Waals surface area contributed by atoms with Crippen molar-refractivity contribution in [2.24, 2.45) is 0 Å². The van der Waals surface area contributed by atoms with Crippen molar-refractivity contribution in [1.82, 2.24) is 13.8 Å². The molecule has 1 fully saturated rings. The number of rotatable bonds is 5. The fourth-order valence-corrected chi connectivity index (χ4v) is 4.84. The SMILES string of the molecule is CS(=O)(=O)N(CC(=O)N1CCn2cccc2C1c1ccccc1)C1CC1. The number of hydrogen-bond acceptors (Lipinski definition) is 3. The smallest absolute Gasteiger partial charge is 0.238 e. The molecule has 4 rings (SSSR count). The molecule has 0 N–H and O–H groups in total. The van der Waals surface area contributed by atoms with Gasteiger partial charge in [-0.05, 0) is 30.5 Å². The predicted octanol–water partition coefficient (Wildman–Crippen LogP) is 1.84. The van der Waals surface area contributed by atoms with Crippen LogP contribution in [0.5, 0.6) is 0 Å². The lowest BCUT2D eigenvalue weighted by Gasteiger charge is -2.38. The van der Waals surface area contributed by atoms with Crippen molar-refractivity contribution in [3.63, 3.8) is 0 Å². The zero-order valence-corrected chi connectivity index (χ0v) is 15.6. The number of hydrogen-bond donors (Lipinski definition) is 0. The van der Waals surface area contributed by atoms with E-state index in [-0.39, 0.29) is 24.5 Å². The molecule has 26 heavy (non-hydrogen) atoms. The molecular weight excluding hydrogens is 350 g/mol. The maximum absolute atomic E-state index is 13.1. The van der Waals surface area contributed by atoms with Crippen LogP contribution in [0.4, 0.5) is 0 Å². The Morgan fingerprint density at radius 1 is 1.12 bits per heavy atom. The van der Waals surface area contributed by atoms with Crippen LogP contribution in [0.1, 0.15) is 30.1 Å². The minimum atomic E-state index is -3.39. The van der Waals surface area contributed by atoms with Crippen molar-refractivity contribution in [3.8, 4) is 0 Å². The molecule has 0 spiro atoms. The number of fused-ring (bicyclic) bond motifs is 1. The predicted molar refractivity (Wildman–Crippen MR) is 99.0 cm³/mol. The van der Waals surface area contributed by atoms with Crippen LogP contribution in [-0.2, 0) is 21.4 Å². The van der Waals surface area contributed by atoms with E-state index in [9.17, 15) is 13.2 Å². The first-order valence-electron chi connectivity index (χ1n) is 8.91. The molecule has 1 aliphatic carbocycles. The number of carbonyl (C=O) groups is 1. The lowest BCUT2D eigenvalue weighted by Crippen LogP contribution is -2.48. The number of carbonyl (C=O) groups excluding carboxylic acids is 1. The highest BCUT2D eigenvalue weighted by atomic mass is 32.2. The first kappa shape index (κ1) is 17.3. The number of benzene rings is 1. The Morgan fingerprint density at radius 3 is 2.50 bits per heavy atom. The Bertz CT molecular complexity index is 903. The highest BCUT2D eigenvalue weighted by molar-refractivity contribution is 7.88. The van der Waals surface area contributed by atoms with Crippen molar-refractivity contribution >= 4 is 15.9 Å². The van der Waals surface area contributed by atoms with E-state index in [2.05, 4.69) is 4.57 Å². The fourth-order valence-electron chi connectivity index (χ4n) is 3.74. The molecule has 1 atom stereocenters. The second kappa shape index (κ2) is 6.55. The minimum absolute atomic E-state index is 0.0159. The molecule has 7 heteroatoms. The van der Waals surface area contributed by atoms with Crippen molar-refractivity contribution in [2.75, 3.05) is 19.3 Å². The quantitative estimate of drug-likeness (QED) is 0.803. The van der Waals surface area contributed by atoms with Crippen LogP contribution in [0, 0.1) is 0 Å². The molecule has 1 amide bonds. The van der Waals surface area contributed by atoms with Crippen LogP contribution < -0.4 is 0 Å².